The standard InChI is InChI=1S/C25H22N4O5/c1-28-21-7-6-19(23(32)27-14-17-8-10-26-11-9-17)13-20(21)24(33)29(25(28)34)15-18-4-2-16(3-5-18)12-22(30)31/h2-11,13H,12,14-15H2,1H3,(H,27,32)(H,30,31). The number of carbonyl (C=O) groups excluding carboxylic acids is 1. The summed E-state index contributed by atoms with van der Waals surface area (Å²) in [5.41, 5.74) is 1.94. The van der Waals surface area contributed by atoms with Gasteiger partial charge in [0.05, 0.1) is 23.9 Å². The fraction of sp³-hybridized carbons (Fsp3) is 0.160. The van der Waals surface area contributed by atoms with Gasteiger partial charge >= 0.3 is 11.7 Å². The van der Waals surface area contributed by atoms with Crippen LogP contribution in [-0.2, 0) is 31.4 Å². The zero-order valence-electron chi connectivity index (χ0n) is 18.4. The van der Waals surface area contributed by atoms with Crippen LogP contribution in [0, 0.1) is 0 Å². The molecule has 4 aromatic rings. The highest BCUT2D eigenvalue weighted by Gasteiger charge is 2.14. The van der Waals surface area contributed by atoms with Gasteiger partial charge in [0.2, 0.25) is 0 Å². The van der Waals surface area contributed by atoms with Gasteiger partial charge in [-0.15, -0.1) is 0 Å². The van der Waals surface area contributed by atoms with Gasteiger partial charge in [0.1, 0.15) is 0 Å². The molecule has 0 spiro atoms. The molecular weight excluding hydrogens is 436 g/mol. The third-order valence-electron chi connectivity index (χ3n) is 5.53. The van der Waals surface area contributed by atoms with Crippen LogP contribution in [0.4, 0.5) is 0 Å². The van der Waals surface area contributed by atoms with E-state index in [2.05, 4.69) is 10.3 Å². The normalized spacial score (nSPS) is 10.9. The number of carboxylic acids is 1. The first-order chi connectivity index (χ1) is 16.3. The summed E-state index contributed by atoms with van der Waals surface area (Å²) in [6.07, 6.45) is 3.17. The van der Waals surface area contributed by atoms with Crippen molar-refractivity contribution >= 4 is 22.8 Å². The number of amides is 1. The number of aromatic nitrogens is 3. The number of fused-ring (bicyclic) bond motifs is 1. The van der Waals surface area contributed by atoms with Gasteiger partial charge in [0.25, 0.3) is 11.5 Å². The van der Waals surface area contributed by atoms with Crippen molar-refractivity contribution in [1.29, 1.82) is 0 Å². The molecule has 2 heterocycles. The Morgan fingerprint density at radius 3 is 2.29 bits per heavy atom. The third-order valence-corrected chi connectivity index (χ3v) is 5.53. The molecule has 0 aliphatic carbocycles. The van der Waals surface area contributed by atoms with E-state index in [1.807, 2.05) is 0 Å². The quantitative estimate of drug-likeness (QED) is 0.435. The molecule has 2 N–H and O–H groups in total. The van der Waals surface area contributed by atoms with Crippen LogP contribution in [0.2, 0.25) is 0 Å². The highest BCUT2D eigenvalue weighted by Crippen LogP contribution is 2.12. The second-order valence-corrected chi connectivity index (χ2v) is 7.89. The summed E-state index contributed by atoms with van der Waals surface area (Å²) < 4.78 is 2.47. The van der Waals surface area contributed by atoms with Crippen LogP contribution in [0.5, 0.6) is 0 Å². The SMILES string of the molecule is Cn1c(=O)n(Cc2ccc(CC(=O)O)cc2)c(=O)c2cc(C(=O)NCc3ccncc3)ccc21. The Hall–Kier alpha value is -4.53. The zero-order chi connectivity index (χ0) is 24.2. The van der Waals surface area contributed by atoms with E-state index in [0.29, 0.717) is 28.8 Å². The third kappa shape index (κ3) is 4.78. The minimum absolute atomic E-state index is 0.0211. The molecule has 0 atom stereocenters. The lowest BCUT2D eigenvalue weighted by Crippen LogP contribution is -2.39. The first-order valence-electron chi connectivity index (χ1n) is 10.5. The highest BCUT2D eigenvalue weighted by atomic mass is 16.4. The molecule has 0 radical (unpaired) electrons. The van der Waals surface area contributed by atoms with E-state index >= 15 is 0 Å². The second kappa shape index (κ2) is 9.53. The monoisotopic (exact) mass is 458 g/mol. The van der Waals surface area contributed by atoms with E-state index in [4.69, 9.17) is 5.11 Å². The molecule has 1 amide bonds. The Balaban J connectivity index is 1.64. The molecule has 9 nitrogen and oxygen atoms in total. The number of hydrogen-bond acceptors (Lipinski definition) is 5. The van der Waals surface area contributed by atoms with Crippen LogP contribution in [0.3, 0.4) is 0 Å². The molecule has 0 aliphatic heterocycles. The van der Waals surface area contributed by atoms with Crippen LogP contribution in [0.1, 0.15) is 27.0 Å². The van der Waals surface area contributed by atoms with Crippen LogP contribution in [0.15, 0.2) is 76.6 Å². The molecule has 4 rings (SSSR count). The fourth-order valence-corrected chi connectivity index (χ4v) is 3.70. The smallest absolute Gasteiger partial charge is 0.331 e. The van der Waals surface area contributed by atoms with E-state index < -0.39 is 17.2 Å². The molecule has 9 heteroatoms. The Morgan fingerprint density at radius 1 is 0.941 bits per heavy atom. The molecular formula is C25H22N4O5. The molecule has 34 heavy (non-hydrogen) atoms. The number of rotatable bonds is 7. The van der Waals surface area contributed by atoms with Crippen molar-refractivity contribution in [3.8, 4) is 0 Å². The number of aliphatic carboxylic acids is 1. The van der Waals surface area contributed by atoms with Gasteiger partial charge < -0.3 is 10.4 Å². The molecule has 0 saturated carbocycles. The molecule has 2 aromatic carbocycles. The summed E-state index contributed by atoms with van der Waals surface area (Å²) in [6.45, 7) is 0.335. The van der Waals surface area contributed by atoms with E-state index in [1.165, 1.54) is 10.6 Å². The average molecular weight is 458 g/mol. The Labute approximate surface area is 193 Å². The number of pyridine rings is 1. The molecule has 0 saturated heterocycles. The van der Waals surface area contributed by atoms with Gasteiger partial charge in [-0.05, 0) is 47.0 Å². The number of nitrogens with zero attached hydrogens (tertiary/aromatic N) is 3. The van der Waals surface area contributed by atoms with E-state index in [1.54, 1.807) is 68.0 Å². The Bertz CT molecular complexity index is 1490. The summed E-state index contributed by atoms with van der Waals surface area (Å²) in [6, 6.07) is 14.9. The number of benzene rings is 2. The van der Waals surface area contributed by atoms with Crippen molar-refractivity contribution < 1.29 is 14.7 Å². The van der Waals surface area contributed by atoms with Crippen LogP contribution >= 0.6 is 0 Å². The first-order valence-corrected chi connectivity index (χ1v) is 10.5. The number of aryl methyl sites for hydroxylation is 1. The van der Waals surface area contributed by atoms with E-state index in [9.17, 15) is 19.2 Å². The predicted molar refractivity (Wildman–Crippen MR) is 126 cm³/mol. The maximum Gasteiger partial charge on any atom is 0.331 e. The molecule has 0 fully saturated rings. The fourth-order valence-electron chi connectivity index (χ4n) is 3.70. The lowest BCUT2D eigenvalue weighted by atomic mass is 10.1. The first kappa shape index (κ1) is 22.7. The molecule has 172 valence electrons. The van der Waals surface area contributed by atoms with Crippen molar-refractivity contribution in [2.75, 3.05) is 0 Å². The predicted octanol–water partition coefficient (Wildman–Crippen LogP) is 1.70. The van der Waals surface area contributed by atoms with Gasteiger partial charge in [0, 0.05) is 31.5 Å². The van der Waals surface area contributed by atoms with Crippen LogP contribution in [0.25, 0.3) is 10.9 Å². The van der Waals surface area contributed by atoms with Crippen molar-refractivity contribution in [3.05, 3.63) is 110 Å². The lowest BCUT2D eigenvalue weighted by molar-refractivity contribution is -0.136. The van der Waals surface area contributed by atoms with Crippen LogP contribution < -0.4 is 16.6 Å². The minimum Gasteiger partial charge on any atom is -0.481 e. The molecule has 0 bridgehead atoms. The topological polar surface area (TPSA) is 123 Å². The number of hydrogen-bond donors (Lipinski definition) is 2. The largest absolute Gasteiger partial charge is 0.481 e. The zero-order valence-corrected chi connectivity index (χ0v) is 18.4. The number of carboxylic acid groups (broad SMARTS) is 1. The van der Waals surface area contributed by atoms with Gasteiger partial charge in [-0.3, -0.25) is 28.5 Å². The highest BCUT2D eigenvalue weighted by molar-refractivity contribution is 5.97. The maximum absolute atomic E-state index is 13.2. The summed E-state index contributed by atoms with van der Waals surface area (Å²) in [7, 11) is 1.57. The molecule has 2 aromatic heterocycles. The van der Waals surface area contributed by atoms with Crippen LogP contribution in [-0.4, -0.2) is 31.1 Å². The summed E-state index contributed by atoms with van der Waals surface area (Å²) >= 11 is 0. The maximum atomic E-state index is 13.2. The minimum atomic E-state index is -0.937. The summed E-state index contributed by atoms with van der Waals surface area (Å²) in [4.78, 5) is 53.5. The van der Waals surface area contributed by atoms with Crippen molar-refractivity contribution in [2.24, 2.45) is 7.05 Å². The van der Waals surface area contributed by atoms with Crippen molar-refractivity contribution in [1.82, 2.24) is 19.4 Å². The number of nitrogens with one attached hydrogen (secondary N) is 1. The van der Waals surface area contributed by atoms with Crippen molar-refractivity contribution in [2.45, 2.75) is 19.5 Å². The molecule has 0 unspecified atom stereocenters. The lowest BCUT2D eigenvalue weighted by Gasteiger charge is -2.12. The second-order valence-electron chi connectivity index (χ2n) is 7.89. The van der Waals surface area contributed by atoms with Gasteiger partial charge in [-0.1, -0.05) is 24.3 Å². The Morgan fingerprint density at radius 2 is 1.62 bits per heavy atom. The van der Waals surface area contributed by atoms with Gasteiger partial charge in [0.15, 0.2) is 0 Å². The molecule has 0 aliphatic rings. The van der Waals surface area contributed by atoms with Gasteiger partial charge in [-0.2, -0.15) is 0 Å². The van der Waals surface area contributed by atoms with E-state index in [-0.39, 0.29) is 24.3 Å². The van der Waals surface area contributed by atoms with E-state index in [0.717, 1.165) is 10.1 Å². The Kier molecular flexibility index (Phi) is 6.35. The average Bonchev–Trinajstić information content (AvgIpc) is 2.84. The van der Waals surface area contributed by atoms with Crippen molar-refractivity contribution in [3.63, 3.8) is 0 Å². The van der Waals surface area contributed by atoms with Gasteiger partial charge in [-0.25, -0.2) is 4.79 Å². The summed E-state index contributed by atoms with van der Waals surface area (Å²) in [5, 5.41) is 12.0. The number of carbonyl (C=O) groups is 2. The summed E-state index contributed by atoms with van der Waals surface area (Å²) in [5.74, 6) is -1.28.